The van der Waals surface area contributed by atoms with Gasteiger partial charge in [0.2, 0.25) is 5.16 Å². The number of tetrazole rings is 1. The lowest BCUT2D eigenvalue weighted by Crippen LogP contribution is -2.03. The number of thioether (sulfide) groups is 1. The van der Waals surface area contributed by atoms with E-state index in [-0.39, 0.29) is 5.75 Å². The first-order valence-electron chi connectivity index (χ1n) is 4.95. The zero-order valence-corrected chi connectivity index (χ0v) is 11.7. The van der Waals surface area contributed by atoms with Gasteiger partial charge in [0.15, 0.2) is 0 Å². The molecule has 9 heteroatoms. The van der Waals surface area contributed by atoms with Crippen molar-refractivity contribution in [3.8, 4) is 11.8 Å². The van der Waals surface area contributed by atoms with Gasteiger partial charge in [-0.1, -0.05) is 11.8 Å². The number of rotatable bonds is 4. The lowest BCUT2D eigenvalue weighted by molar-refractivity contribution is -0.133. The van der Waals surface area contributed by atoms with Crippen LogP contribution in [0.2, 0.25) is 0 Å². The highest BCUT2D eigenvalue weighted by molar-refractivity contribution is 9.10. The smallest absolute Gasteiger partial charge is 0.313 e. The number of halogens is 1. The molecule has 0 atom stereocenters. The molecule has 0 saturated carbocycles. The minimum absolute atomic E-state index is 0.131. The molecule has 0 radical (unpaired) electrons. The summed E-state index contributed by atoms with van der Waals surface area (Å²) in [5.74, 6) is -1.08. The third kappa shape index (κ3) is 3.10. The topological polar surface area (TPSA) is 105 Å². The molecule has 19 heavy (non-hydrogen) atoms. The van der Waals surface area contributed by atoms with E-state index < -0.39 is 5.97 Å². The standard InChI is InChI=1S/C10H6BrN5O2S/c11-7-3-6(4-12)1-2-8(7)16-10(13-14-15-16)19-5-9(17)18/h1-3H,5H2,(H,17,18). The third-order valence-corrected chi connectivity index (χ3v) is 3.61. The molecule has 1 aromatic carbocycles. The van der Waals surface area contributed by atoms with Gasteiger partial charge in [0.05, 0.1) is 23.1 Å². The number of carboxylic acids is 1. The zero-order chi connectivity index (χ0) is 13.8. The normalized spacial score (nSPS) is 10.1. The molecule has 0 bridgehead atoms. The molecule has 1 N–H and O–H groups in total. The highest BCUT2D eigenvalue weighted by atomic mass is 79.9. The molecule has 0 fully saturated rings. The molecule has 0 saturated heterocycles. The van der Waals surface area contributed by atoms with Crippen molar-refractivity contribution in [2.75, 3.05) is 5.75 Å². The van der Waals surface area contributed by atoms with E-state index >= 15 is 0 Å². The summed E-state index contributed by atoms with van der Waals surface area (Å²) in [4.78, 5) is 10.5. The van der Waals surface area contributed by atoms with Crippen LogP contribution < -0.4 is 0 Å². The van der Waals surface area contributed by atoms with E-state index in [2.05, 4.69) is 31.5 Å². The van der Waals surface area contributed by atoms with Crippen molar-refractivity contribution in [2.24, 2.45) is 0 Å². The molecule has 0 unspecified atom stereocenters. The van der Waals surface area contributed by atoms with Crippen molar-refractivity contribution in [1.82, 2.24) is 20.2 Å². The number of aromatic nitrogens is 4. The number of aliphatic carboxylic acids is 1. The van der Waals surface area contributed by atoms with Crippen LogP contribution in [0.3, 0.4) is 0 Å². The summed E-state index contributed by atoms with van der Waals surface area (Å²) in [6.07, 6.45) is 0. The van der Waals surface area contributed by atoms with E-state index in [0.717, 1.165) is 11.8 Å². The van der Waals surface area contributed by atoms with Crippen molar-refractivity contribution in [1.29, 1.82) is 5.26 Å². The third-order valence-electron chi connectivity index (χ3n) is 2.07. The first kappa shape index (κ1) is 13.5. The Morgan fingerprint density at radius 1 is 1.58 bits per heavy atom. The molecule has 96 valence electrons. The van der Waals surface area contributed by atoms with Crippen LogP contribution in [0, 0.1) is 11.3 Å². The molecule has 0 aliphatic heterocycles. The molecule has 2 rings (SSSR count). The SMILES string of the molecule is N#Cc1ccc(-n2nnnc2SCC(=O)O)c(Br)c1. The van der Waals surface area contributed by atoms with Gasteiger partial charge in [-0.3, -0.25) is 4.79 Å². The van der Waals surface area contributed by atoms with E-state index in [1.165, 1.54) is 4.68 Å². The first-order valence-corrected chi connectivity index (χ1v) is 6.72. The Hall–Kier alpha value is -1.92. The monoisotopic (exact) mass is 339 g/mol. The number of carbonyl (C=O) groups is 1. The second-order valence-corrected chi connectivity index (χ2v) is 5.13. The summed E-state index contributed by atoms with van der Waals surface area (Å²) in [6, 6.07) is 6.98. The number of hydrogen-bond donors (Lipinski definition) is 1. The Kier molecular flexibility index (Phi) is 4.13. The zero-order valence-electron chi connectivity index (χ0n) is 9.32. The van der Waals surface area contributed by atoms with Crippen molar-refractivity contribution in [3.05, 3.63) is 28.2 Å². The summed E-state index contributed by atoms with van der Waals surface area (Å²) in [5, 5.41) is 28.9. The van der Waals surface area contributed by atoms with Crippen LogP contribution in [0.25, 0.3) is 5.69 Å². The summed E-state index contributed by atoms with van der Waals surface area (Å²) in [5.41, 5.74) is 1.14. The van der Waals surface area contributed by atoms with Crippen molar-refractivity contribution < 1.29 is 9.90 Å². The largest absolute Gasteiger partial charge is 0.481 e. The molecule has 0 aliphatic carbocycles. The van der Waals surface area contributed by atoms with Crippen molar-refractivity contribution in [2.45, 2.75) is 5.16 Å². The van der Waals surface area contributed by atoms with E-state index in [9.17, 15) is 4.79 Å². The Bertz CT molecular complexity index is 666. The molecule has 7 nitrogen and oxygen atoms in total. The molecular weight excluding hydrogens is 334 g/mol. The lowest BCUT2D eigenvalue weighted by atomic mass is 10.2. The van der Waals surface area contributed by atoms with Gasteiger partial charge in [0.25, 0.3) is 0 Å². The number of carboxylic acid groups (broad SMARTS) is 1. The van der Waals surface area contributed by atoms with Crippen molar-refractivity contribution >= 4 is 33.7 Å². The summed E-state index contributed by atoms with van der Waals surface area (Å²) in [6.45, 7) is 0. The molecule has 0 aliphatic rings. The van der Waals surface area contributed by atoms with Gasteiger partial charge in [-0.25, -0.2) is 0 Å². The molecule has 2 aromatic rings. The average molecular weight is 340 g/mol. The highest BCUT2D eigenvalue weighted by Crippen LogP contribution is 2.25. The Labute approximate surface area is 120 Å². The van der Waals surface area contributed by atoms with Crippen LogP contribution >= 0.6 is 27.7 Å². The predicted molar refractivity (Wildman–Crippen MR) is 69.9 cm³/mol. The maximum atomic E-state index is 10.5. The van der Waals surface area contributed by atoms with Gasteiger partial charge in [-0.15, -0.1) is 5.10 Å². The molecule has 0 spiro atoms. The second-order valence-electron chi connectivity index (χ2n) is 3.33. The summed E-state index contributed by atoms with van der Waals surface area (Å²) >= 11 is 4.35. The van der Waals surface area contributed by atoms with Crippen LogP contribution in [-0.4, -0.2) is 37.0 Å². The van der Waals surface area contributed by atoms with Crippen molar-refractivity contribution in [3.63, 3.8) is 0 Å². The fraction of sp³-hybridized carbons (Fsp3) is 0.100. The number of benzene rings is 1. The average Bonchev–Trinajstić information content (AvgIpc) is 2.84. The van der Waals surface area contributed by atoms with Gasteiger partial charge in [-0.2, -0.15) is 9.94 Å². The second kappa shape index (κ2) is 5.81. The van der Waals surface area contributed by atoms with Gasteiger partial charge in [0.1, 0.15) is 0 Å². The van der Waals surface area contributed by atoms with Gasteiger partial charge < -0.3 is 5.11 Å². The van der Waals surface area contributed by atoms with E-state index in [1.54, 1.807) is 18.2 Å². The Morgan fingerprint density at radius 2 is 2.37 bits per heavy atom. The molecule has 1 aromatic heterocycles. The van der Waals surface area contributed by atoms with Crippen LogP contribution in [0.1, 0.15) is 5.56 Å². The Balaban J connectivity index is 2.35. The highest BCUT2D eigenvalue weighted by Gasteiger charge is 2.13. The molecule has 0 amide bonds. The number of nitrogens with zero attached hydrogens (tertiary/aromatic N) is 5. The minimum atomic E-state index is -0.946. The van der Waals surface area contributed by atoms with E-state index in [0.29, 0.717) is 20.9 Å². The minimum Gasteiger partial charge on any atom is -0.481 e. The summed E-state index contributed by atoms with van der Waals surface area (Å²) < 4.78 is 2.06. The predicted octanol–water partition coefficient (Wildman–Crippen LogP) is 1.47. The number of nitriles is 1. The van der Waals surface area contributed by atoms with Gasteiger partial charge >= 0.3 is 5.97 Å². The quantitative estimate of drug-likeness (QED) is 0.840. The number of hydrogen-bond acceptors (Lipinski definition) is 6. The maximum absolute atomic E-state index is 10.5. The van der Waals surface area contributed by atoms with Gasteiger partial charge in [0, 0.05) is 4.47 Å². The van der Waals surface area contributed by atoms with Gasteiger partial charge in [-0.05, 0) is 44.6 Å². The first-order chi connectivity index (χ1) is 9.11. The molecular formula is C10H6BrN5O2S. The fourth-order valence-corrected chi connectivity index (χ4v) is 2.45. The van der Waals surface area contributed by atoms with E-state index in [4.69, 9.17) is 10.4 Å². The summed E-state index contributed by atoms with van der Waals surface area (Å²) in [7, 11) is 0. The lowest BCUT2D eigenvalue weighted by Gasteiger charge is -2.05. The maximum Gasteiger partial charge on any atom is 0.313 e. The van der Waals surface area contributed by atoms with Crippen LogP contribution in [0.5, 0.6) is 0 Å². The van der Waals surface area contributed by atoms with Crippen LogP contribution in [0.15, 0.2) is 27.8 Å². The molecule has 1 heterocycles. The van der Waals surface area contributed by atoms with Crippen LogP contribution in [-0.2, 0) is 4.79 Å². The van der Waals surface area contributed by atoms with Crippen LogP contribution in [0.4, 0.5) is 0 Å². The Morgan fingerprint density at radius 3 is 3.00 bits per heavy atom. The van der Waals surface area contributed by atoms with E-state index in [1.807, 2.05) is 6.07 Å². The fourth-order valence-electron chi connectivity index (χ4n) is 1.29.